The molecule has 0 atom stereocenters. The Hall–Kier alpha value is -1.24. The van der Waals surface area contributed by atoms with Gasteiger partial charge in [-0.25, -0.2) is 8.42 Å². The predicted molar refractivity (Wildman–Crippen MR) is 81.8 cm³/mol. The summed E-state index contributed by atoms with van der Waals surface area (Å²) >= 11 is 0. The number of carbonyl (C=O) groups excluding carboxylic acids is 1. The van der Waals surface area contributed by atoms with Crippen molar-refractivity contribution in [1.29, 1.82) is 0 Å². The molecule has 5 nitrogen and oxygen atoms in total. The lowest BCUT2D eigenvalue weighted by Crippen LogP contribution is -2.33. The van der Waals surface area contributed by atoms with Crippen LogP contribution >= 0.6 is 0 Å². The van der Waals surface area contributed by atoms with Crippen molar-refractivity contribution in [3.63, 3.8) is 0 Å². The Morgan fingerprint density at radius 3 is 2.29 bits per heavy atom. The van der Waals surface area contributed by atoms with E-state index in [0.29, 0.717) is 18.5 Å². The molecule has 1 aromatic rings. The Balaban J connectivity index is 2.93. The van der Waals surface area contributed by atoms with Gasteiger partial charge in [0.1, 0.15) is 0 Å². The van der Waals surface area contributed by atoms with E-state index in [1.807, 2.05) is 6.92 Å². The first-order valence-electron chi connectivity index (χ1n) is 7.21. The fraction of sp³-hybridized carbons (Fsp3) is 0.533. The van der Waals surface area contributed by atoms with Crippen molar-refractivity contribution in [2.24, 2.45) is 0 Å². The summed E-state index contributed by atoms with van der Waals surface area (Å²) in [5, 5.41) is 8.93. The molecule has 1 rings (SSSR count). The summed E-state index contributed by atoms with van der Waals surface area (Å²) in [6, 6.07) is 6.01. The van der Waals surface area contributed by atoms with Crippen molar-refractivity contribution < 1.29 is 18.3 Å². The van der Waals surface area contributed by atoms with Crippen molar-refractivity contribution in [1.82, 2.24) is 4.31 Å². The van der Waals surface area contributed by atoms with E-state index in [1.54, 1.807) is 19.1 Å². The molecule has 0 aliphatic carbocycles. The van der Waals surface area contributed by atoms with Gasteiger partial charge in [-0.05, 0) is 18.6 Å². The number of sulfonamides is 1. The second-order valence-electron chi connectivity index (χ2n) is 4.77. The normalized spacial score (nSPS) is 11.8. The van der Waals surface area contributed by atoms with E-state index < -0.39 is 10.0 Å². The smallest absolute Gasteiger partial charge is 0.243 e. The molecule has 0 saturated heterocycles. The van der Waals surface area contributed by atoms with E-state index >= 15 is 0 Å². The van der Waals surface area contributed by atoms with Gasteiger partial charge in [-0.15, -0.1) is 0 Å². The Kier molecular flexibility index (Phi) is 7.01. The maximum absolute atomic E-state index is 12.3. The molecule has 0 aliphatic rings. The van der Waals surface area contributed by atoms with Gasteiger partial charge in [-0.3, -0.25) is 4.79 Å². The first-order chi connectivity index (χ1) is 9.97. The Bertz CT molecular complexity index is 552. The molecule has 0 amide bonds. The van der Waals surface area contributed by atoms with Gasteiger partial charge in [0.25, 0.3) is 0 Å². The van der Waals surface area contributed by atoms with E-state index in [9.17, 15) is 13.2 Å². The first-order valence-corrected chi connectivity index (χ1v) is 8.65. The highest BCUT2D eigenvalue weighted by Crippen LogP contribution is 2.17. The molecule has 0 fully saturated rings. The summed E-state index contributed by atoms with van der Waals surface area (Å²) in [5.41, 5.74) is 0.535. The third-order valence-electron chi connectivity index (χ3n) is 3.27. The number of hydrogen-bond acceptors (Lipinski definition) is 4. The summed E-state index contributed by atoms with van der Waals surface area (Å²) in [4.78, 5) is 12.0. The summed E-state index contributed by atoms with van der Waals surface area (Å²) < 4.78 is 25.9. The third kappa shape index (κ3) is 4.62. The summed E-state index contributed by atoms with van der Waals surface area (Å²) in [6.07, 6.45) is 2.26. The number of ketones is 1. The van der Waals surface area contributed by atoms with E-state index in [2.05, 4.69) is 0 Å². The lowest BCUT2D eigenvalue weighted by atomic mass is 10.1. The highest BCUT2D eigenvalue weighted by Gasteiger charge is 2.22. The van der Waals surface area contributed by atoms with Gasteiger partial charge >= 0.3 is 0 Å². The molecule has 0 aromatic heterocycles. The van der Waals surface area contributed by atoms with Crippen molar-refractivity contribution in [3.8, 4) is 0 Å². The maximum atomic E-state index is 12.3. The lowest BCUT2D eigenvalue weighted by Gasteiger charge is -2.19. The van der Waals surface area contributed by atoms with Gasteiger partial charge in [0.2, 0.25) is 10.0 Å². The number of carbonyl (C=O) groups is 1. The van der Waals surface area contributed by atoms with E-state index in [0.717, 1.165) is 12.8 Å². The van der Waals surface area contributed by atoms with E-state index in [-0.39, 0.29) is 23.8 Å². The highest BCUT2D eigenvalue weighted by atomic mass is 32.2. The van der Waals surface area contributed by atoms with Crippen LogP contribution in [0.3, 0.4) is 0 Å². The monoisotopic (exact) mass is 313 g/mol. The third-order valence-corrected chi connectivity index (χ3v) is 5.26. The SMILES string of the molecule is CCCCC(=O)c1ccc(S(=O)(=O)N(CC)CCO)cc1. The molecular formula is C15H23NO4S. The predicted octanol–water partition coefficient (Wildman–Crippen LogP) is 2.06. The van der Waals surface area contributed by atoms with Crippen LogP contribution in [-0.4, -0.2) is 43.3 Å². The van der Waals surface area contributed by atoms with Crippen LogP contribution in [0.25, 0.3) is 0 Å². The van der Waals surface area contributed by atoms with Crippen LogP contribution in [0.2, 0.25) is 0 Å². The minimum Gasteiger partial charge on any atom is -0.395 e. The molecule has 0 heterocycles. The Morgan fingerprint density at radius 2 is 1.81 bits per heavy atom. The van der Waals surface area contributed by atoms with E-state index in [4.69, 9.17) is 5.11 Å². The zero-order valence-electron chi connectivity index (χ0n) is 12.6. The number of aliphatic hydroxyl groups is 1. The number of benzene rings is 1. The molecule has 118 valence electrons. The Labute approximate surface area is 126 Å². The van der Waals surface area contributed by atoms with Crippen molar-refractivity contribution in [3.05, 3.63) is 29.8 Å². The molecule has 0 unspecified atom stereocenters. The largest absolute Gasteiger partial charge is 0.395 e. The van der Waals surface area contributed by atoms with Gasteiger partial charge in [0, 0.05) is 25.1 Å². The van der Waals surface area contributed by atoms with Crippen LogP contribution in [0.4, 0.5) is 0 Å². The second-order valence-corrected chi connectivity index (χ2v) is 6.71. The second kappa shape index (κ2) is 8.26. The summed E-state index contributed by atoms with van der Waals surface area (Å²) in [5.74, 6) is 0.0310. The van der Waals surface area contributed by atoms with Crippen LogP contribution in [0, 0.1) is 0 Å². The molecule has 1 aromatic carbocycles. The molecule has 0 bridgehead atoms. The molecule has 6 heteroatoms. The van der Waals surface area contributed by atoms with Gasteiger partial charge < -0.3 is 5.11 Å². The number of rotatable bonds is 9. The van der Waals surface area contributed by atoms with Crippen LogP contribution < -0.4 is 0 Å². The molecule has 0 aliphatic heterocycles. The quantitative estimate of drug-likeness (QED) is 0.708. The molecule has 0 saturated carbocycles. The van der Waals surface area contributed by atoms with Crippen LogP contribution in [0.15, 0.2) is 29.2 Å². The van der Waals surface area contributed by atoms with Gasteiger partial charge in [0.15, 0.2) is 5.78 Å². The zero-order valence-corrected chi connectivity index (χ0v) is 13.4. The topological polar surface area (TPSA) is 74.7 Å². The minimum absolute atomic E-state index is 0.0310. The first kappa shape index (κ1) is 17.8. The number of likely N-dealkylation sites (N-methyl/N-ethyl adjacent to an activating group) is 1. The molecule has 0 radical (unpaired) electrons. The average Bonchev–Trinajstić information content (AvgIpc) is 2.50. The van der Waals surface area contributed by atoms with Crippen LogP contribution in [0.1, 0.15) is 43.5 Å². The summed E-state index contributed by atoms with van der Waals surface area (Å²) in [7, 11) is -3.61. The lowest BCUT2D eigenvalue weighted by molar-refractivity contribution is 0.0979. The molecular weight excluding hydrogens is 290 g/mol. The van der Waals surface area contributed by atoms with E-state index in [1.165, 1.54) is 16.4 Å². The average molecular weight is 313 g/mol. The van der Waals surface area contributed by atoms with Gasteiger partial charge in [-0.1, -0.05) is 32.4 Å². The minimum atomic E-state index is -3.61. The maximum Gasteiger partial charge on any atom is 0.243 e. The molecule has 0 spiro atoms. The number of nitrogens with zero attached hydrogens (tertiary/aromatic N) is 1. The number of hydrogen-bond donors (Lipinski definition) is 1. The highest BCUT2D eigenvalue weighted by molar-refractivity contribution is 7.89. The zero-order chi connectivity index (χ0) is 15.9. The van der Waals surface area contributed by atoms with Crippen LogP contribution in [0.5, 0.6) is 0 Å². The number of Topliss-reactive ketones (excluding diaryl/α,β-unsaturated/α-hetero) is 1. The number of aliphatic hydroxyl groups excluding tert-OH is 1. The Morgan fingerprint density at radius 1 is 1.19 bits per heavy atom. The van der Waals surface area contributed by atoms with Crippen molar-refractivity contribution in [2.75, 3.05) is 19.7 Å². The molecule has 1 N–H and O–H groups in total. The van der Waals surface area contributed by atoms with Gasteiger partial charge in [0.05, 0.1) is 11.5 Å². The van der Waals surface area contributed by atoms with Crippen molar-refractivity contribution >= 4 is 15.8 Å². The summed E-state index contributed by atoms with van der Waals surface area (Å²) in [6.45, 7) is 3.87. The fourth-order valence-electron chi connectivity index (χ4n) is 2.00. The number of unbranched alkanes of at least 4 members (excludes halogenated alkanes) is 1. The standard InChI is InChI=1S/C15H23NO4S/c1-3-5-6-15(18)13-7-9-14(10-8-13)21(19,20)16(4-2)11-12-17/h7-10,17H,3-6,11-12H2,1-2H3. The van der Waals surface area contributed by atoms with Crippen molar-refractivity contribution in [2.45, 2.75) is 38.0 Å². The van der Waals surface area contributed by atoms with Crippen LogP contribution in [-0.2, 0) is 10.0 Å². The molecule has 21 heavy (non-hydrogen) atoms. The van der Waals surface area contributed by atoms with Gasteiger partial charge in [-0.2, -0.15) is 4.31 Å². The fourth-order valence-corrected chi connectivity index (χ4v) is 3.44.